The molecule has 3 heteroatoms. The van der Waals surface area contributed by atoms with Crippen LogP contribution >= 0.6 is 11.8 Å². The molecule has 0 aliphatic carbocycles. The summed E-state index contributed by atoms with van der Waals surface area (Å²) < 4.78 is 0. The van der Waals surface area contributed by atoms with Crippen LogP contribution in [0.4, 0.5) is 0 Å². The molecule has 2 nitrogen and oxygen atoms in total. The summed E-state index contributed by atoms with van der Waals surface area (Å²) in [5.74, 6) is 0.909. The molecule has 0 aliphatic rings. The summed E-state index contributed by atoms with van der Waals surface area (Å²) in [4.78, 5) is 0. The van der Waals surface area contributed by atoms with E-state index in [1.54, 1.807) is 11.8 Å². The monoisotopic (exact) mass is 368 g/mol. The third-order valence-corrected chi connectivity index (χ3v) is 5.53. The molecule has 1 heterocycles. The van der Waals surface area contributed by atoms with E-state index in [2.05, 4.69) is 96.0 Å². The Morgan fingerprint density at radius 1 is 0.630 bits per heavy atom. The van der Waals surface area contributed by atoms with Gasteiger partial charge in [0, 0.05) is 11.3 Å². The Bertz CT molecular complexity index is 1010. The third-order valence-electron chi connectivity index (χ3n) is 4.56. The van der Waals surface area contributed by atoms with Gasteiger partial charge in [-0.05, 0) is 41.3 Å². The molecule has 0 saturated carbocycles. The molecule has 0 spiro atoms. The Kier molecular flexibility index (Phi) is 5.31. The van der Waals surface area contributed by atoms with E-state index in [0.29, 0.717) is 0 Å². The summed E-state index contributed by atoms with van der Waals surface area (Å²) in [6.45, 7) is 2.14. The first kappa shape index (κ1) is 17.5. The molecule has 3 aromatic carbocycles. The molecule has 0 amide bonds. The molecule has 0 atom stereocenters. The van der Waals surface area contributed by atoms with Crippen molar-refractivity contribution in [3.63, 3.8) is 0 Å². The highest BCUT2D eigenvalue weighted by Gasteiger charge is 2.04. The van der Waals surface area contributed by atoms with Crippen molar-refractivity contribution in [3.05, 3.63) is 102 Å². The second-order valence-electron chi connectivity index (χ2n) is 6.42. The maximum Gasteiger partial charge on any atom is 0.119 e. The van der Waals surface area contributed by atoms with Crippen LogP contribution in [0.2, 0.25) is 0 Å². The Morgan fingerprint density at radius 3 is 2.00 bits per heavy atom. The van der Waals surface area contributed by atoms with Gasteiger partial charge in [-0.25, -0.2) is 0 Å². The van der Waals surface area contributed by atoms with E-state index in [1.807, 2.05) is 12.1 Å². The van der Waals surface area contributed by atoms with Crippen LogP contribution in [-0.4, -0.2) is 10.2 Å². The fourth-order valence-corrected chi connectivity index (χ4v) is 3.83. The molecule has 27 heavy (non-hydrogen) atoms. The zero-order chi connectivity index (χ0) is 18.5. The van der Waals surface area contributed by atoms with Crippen molar-refractivity contribution < 1.29 is 0 Å². The van der Waals surface area contributed by atoms with Crippen molar-refractivity contribution in [2.75, 3.05) is 0 Å². The van der Waals surface area contributed by atoms with Gasteiger partial charge in [0.25, 0.3) is 0 Å². The molecule has 0 radical (unpaired) electrons. The maximum absolute atomic E-state index is 4.42. The van der Waals surface area contributed by atoms with E-state index in [9.17, 15) is 0 Å². The van der Waals surface area contributed by atoms with Gasteiger partial charge in [0.05, 0.1) is 5.69 Å². The van der Waals surface area contributed by atoms with Gasteiger partial charge in [-0.3, -0.25) is 0 Å². The Labute approximate surface area is 164 Å². The number of thioether (sulfide) groups is 1. The molecule has 0 saturated heterocycles. The van der Waals surface area contributed by atoms with E-state index in [0.717, 1.165) is 22.0 Å². The Hall–Kier alpha value is -2.91. The van der Waals surface area contributed by atoms with Crippen molar-refractivity contribution in [1.29, 1.82) is 0 Å². The first-order valence-corrected chi connectivity index (χ1v) is 9.95. The quantitative estimate of drug-likeness (QED) is 0.381. The Morgan fingerprint density at radius 2 is 1.30 bits per heavy atom. The van der Waals surface area contributed by atoms with Crippen LogP contribution in [0.1, 0.15) is 11.1 Å². The van der Waals surface area contributed by atoms with Gasteiger partial charge < -0.3 is 0 Å². The zero-order valence-electron chi connectivity index (χ0n) is 15.2. The molecule has 0 fully saturated rings. The number of hydrogen-bond donors (Lipinski definition) is 0. The van der Waals surface area contributed by atoms with E-state index in [-0.39, 0.29) is 0 Å². The highest BCUT2D eigenvalue weighted by Crippen LogP contribution is 2.26. The molecular formula is C24H20N2S. The summed E-state index contributed by atoms with van der Waals surface area (Å²) in [5, 5.41) is 9.76. The topological polar surface area (TPSA) is 25.8 Å². The van der Waals surface area contributed by atoms with E-state index in [4.69, 9.17) is 0 Å². The van der Waals surface area contributed by atoms with Crippen molar-refractivity contribution in [3.8, 4) is 22.4 Å². The average molecular weight is 369 g/mol. The van der Waals surface area contributed by atoms with Crippen molar-refractivity contribution in [2.24, 2.45) is 0 Å². The fourth-order valence-electron chi connectivity index (χ4n) is 2.94. The van der Waals surface area contributed by atoms with Crippen LogP contribution in [0.15, 0.2) is 96.0 Å². The highest BCUT2D eigenvalue weighted by molar-refractivity contribution is 7.98. The standard InChI is InChI=1S/C24H20N2S/c1-18-7-5-6-10-22(18)17-27-24-16-15-23(25-26-24)21-13-11-20(12-14-21)19-8-3-2-4-9-19/h2-16H,17H2,1H3. The van der Waals surface area contributed by atoms with Crippen LogP contribution in [-0.2, 0) is 5.75 Å². The highest BCUT2D eigenvalue weighted by atomic mass is 32.2. The second-order valence-corrected chi connectivity index (χ2v) is 7.41. The van der Waals surface area contributed by atoms with Crippen LogP contribution in [0.3, 0.4) is 0 Å². The lowest BCUT2D eigenvalue weighted by atomic mass is 10.0. The van der Waals surface area contributed by atoms with Gasteiger partial charge in [0.1, 0.15) is 5.03 Å². The molecule has 4 aromatic rings. The largest absolute Gasteiger partial charge is 0.149 e. The van der Waals surface area contributed by atoms with Crippen molar-refractivity contribution in [2.45, 2.75) is 17.7 Å². The number of rotatable bonds is 5. The van der Waals surface area contributed by atoms with E-state index < -0.39 is 0 Å². The van der Waals surface area contributed by atoms with Gasteiger partial charge >= 0.3 is 0 Å². The summed E-state index contributed by atoms with van der Waals surface area (Å²) >= 11 is 1.72. The van der Waals surface area contributed by atoms with Crippen molar-refractivity contribution >= 4 is 11.8 Å². The molecule has 4 rings (SSSR count). The lowest BCUT2D eigenvalue weighted by Gasteiger charge is -2.06. The molecule has 0 N–H and O–H groups in total. The molecule has 132 valence electrons. The molecule has 0 aliphatic heterocycles. The minimum atomic E-state index is 0.898. The van der Waals surface area contributed by atoms with Crippen LogP contribution in [0.5, 0.6) is 0 Å². The normalized spacial score (nSPS) is 10.7. The lowest BCUT2D eigenvalue weighted by molar-refractivity contribution is 0.935. The Balaban J connectivity index is 1.45. The predicted octanol–water partition coefficient (Wildman–Crippen LogP) is 6.41. The number of hydrogen-bond acceptors (Lipinski definition) is 3. The average Bonchev–Trinajstić information content (AvgIpc) is 2.74. The van der Waals surface area contributed by atoms with E-state index >= 15 is 0 Å². The molecule has 0 bridgehead atoms. The number of aromatic nitrogens is 2. The fraction of sp³-hybridized carbons (Fsp3) is 0.0833. The van der Waals surface area contributed by atoms with Crippen LogP contribution in [0, 0.1) is 6.92 Å². The zero-order valence-corrected chi connectivity index (χ0v) is 16.0. The number of nitrogens with zero attached hydrogens (tertiary/aromatic N) is 2. The summed E-state index contributed by atoms with van der Waals surface area (Å²) in [7, 11) is 0. The summed E-state index contributed by atoms with van der Waals surface area (Å²) in [5.41, 5.74) is 7.06. The number of benzene rings is 3. The van der Waals surface area contributed by atoms with Gasteiger partial charge in [0.15, 0.2) is 0 Å². The first-order chi connectivity index (χ1) is 13.3. The molecular weight excluding hydrogens is 348 g/mol. The third kappa shape index (κ3) is 4.26. The van der Waals surface area contributed by atoms with E-state index in [1.165, 1.54) is 22.3 Å². The molecule has 0 unspecified atom stereocenters. The van der Waals surface area contributed by atoms with Gasteiger partial charge in [-0.15, -0.1) is 10.2 Å². The SMILES string of the molecule is Cc1ccccc1CSc1ccc(-c2ccc(-c3ccccc3)cc2)nn1. The van der Waals surface area contributed by atoms with Gasteiger partial charge in [-0.2, -0.15) is 0 Å². The smallest absolute Gasteiger partial charge is 0.119 e. The number of aryl methyl sites for hydroxylation is 1. The molecule has 1 aromatic heterocycles. The maximum atomic E-state index is 4.42. The predicted molar refractivity (Wildman–Crippen MR) is 114 cm³/mol. The summed E-state index contributed by atoms with van der Waals surface area (Å²) in [6, 6.07) is 31.4. The first-order valence-electron chi connectivity index (χ1n) is 8.96. The summed E-state index contributed by atoms with van der Waals surface area (Å²) in [6.07, 6.45) is 0. The van der Waals surface area contributed by atoms with Gasteiger partial charge in [-0.1, -0.05) is 90.6 Å². The second kappa shape index (κ2) is 8.19. The van der Waals surface area contributed by atoms with Gasteiger partial charge in [0.2, 0.25) is 0 Å². The van der Waals surface area contributed by atoms with Crippen molar-refractivity contribution in [1.82, 2.24) is 10.2 Å². The minimum Gasteiger partial charge on any atom is -0.149 e. The minimum absolute atomic E-state index is 0.898. The van der Waals surface area contributed by atoms with Crippen LogP contribution in [0.25, 0.3) is 22.4 Å². The lowest BCUT2D eigenvalue weighted by Crippen LogP contribution is -1.91. The van der Waals surface area contributed by atoms with Crippen LogP contribution < -0.4 is 0 Å².